The Kier molecular flexibility index (Phi) is 6.53. The maximum absolute atomic E-state index is 4.48. The van der Waals surface area contributed by atoms with Gasteiger partial charge in [-0.15, -0.1) is 0 Å². The van der Waals surface area contributed by atoms with Gasteiger partial charge in [0, 0.05) is 27.5 Å². The van der Waals surface area contributed by atoms with E-state index in [-0.39, 0.29) is 0 Å². The van der Waals surface area contributed by atoms with Gasteiger partial charge in [0.15, 0.2) is 0 Å². The van der Waals surface area contributed by atoms with E-state index < -0.39 is 0 Å². The van der Waals surface area contributed by atoms with Crippen LogP contribution in [-0.4, -0.2) is 0 Å². The molecule has 0 fully saturated rings. The van der Waals surface area contributed by atoms with Crippen LogP contribution in [0.5, 0.6) is 0 Å². The molecule has 0 atom stereocenters. The minimum Gasteiger partial charge on any atom is -0.309 e. The molecule has 10 aromatic rings. The van der Waals surface area contributed by atoms with E-state index in [0.717, 1.165) is 28.1 Å². The zero-order chi connectivity index (χ0) is 34.2. The van der Waals surface area contributed by atoms with Crippen molar-refractivity contribution in [2.75, 3.05) is 4.90 Å². The van der Waals surface area contributed by atoms with Crippen molar-refractivity contribution in [2.24, 2.45) is 0 Å². The molecule has 0 bridgehead atoms. The highest BCUT2D eigenvalue weighted by molar-refractivity contribution is 6.44. The quantitative estimate of drug-likeness (QED) is 0.132. The van der Waals surface area contributed by atoms with Crippen molar-refractivity contribution >= 4 is 87.3 Å². The number of hydrogen-bond donors (Lipinski definition) is 0. The molecule has 0 aliphatic carbocycles. The molecule has 0 radical (unpaired) electrons. The van der Waals surface area contributed by atoms with Gasteiger partial charge in [0.25, 0.3) is 0 Å². The fourth-order valence-corrected chi connectivity index (χ4v) is 8.37. The second kappa shape index (κ2) is 11.3. The van der Waals surface area contributed by atoms with E-state index in [1.165, 1.54) is 81.4 Å². The van der Waals surface area contributed by atoms with Crippen molar-refractivity contribution in [1.82, 2.24) is 0 Å². The Morgan fingerprint density at radius 1 is 0.392 bits per heavy atom. The molecule has 10 rings (SSSR count). The Balaban J connectivity index is 1.32. The largest absolute Gasteiger partial charge is 0.309 e. The summed E-state index contributed by atoms with van der Waals surface area (Å²) in [6.07, 6.45) is 0. The summed E-state index contributed by atoms with van der Waals surface area (Å²) in [7, 11) is 0. The number of anilines is 3. The number of nitrogens with zero attached hydrogens (tertiary/aromatic N) is 1. The standard InChI is InChI=1S/C50H35N/c1-31-18-22-34(23-19-31)33(3)35-24-28-39(29-25-35)51(38-26-20-32(2)21-27-38)50-44-14-7-6-13-43(44)49-47-42(16-9-17-45(47)50)41-15-8-11-37-30-36-10-4-5-12-40(36)48(49)46(37)41/h4-30H,3H2,1-2H3. The maximum atomic E-state index is 4.48. The molecule has 0 spiro atoms. The van der Waals surface area contributed by atoms with Crippen LogP contribution in [0.3, 0.4) is 0 Å². The van der Waals surface area contributed by atoms with Crippen LogP contribution >= 0.6 is 0 Å². The first-order chi connectivity index (χ1) is 25.0. The van der Waals surface area contributed by atoms with E-state index in [1.807, 2.05) is 0 Å². The number of hydrogen-bond acceptors (Lipinski definition) is 1. The molecule has 0 aromatic heterocycles. The maximum Gasteiger partial charge on any atom is 0.0619 e. The van der Waals surface area contributed by atoms with Crippen molar-refractivity contribution in [1.29, 1.82) is 0 Å². The van der Waals surface area contributed by atoms with E-state index in [2.05, 4.69) is 189 Å². The molecule has 0 unspecified atom stereocenters. The zero-order valence-corrected chi connectivity index (χ0v) is 28.7. The fourth-order valence-electron chi connectivity index (χ4n) is 8.37. The average Bonchev–Trinajstić information content (AvgIpc) is 3.18. The molecule has 0 N–H and O–H groups in total. The molecule has 0 aliphatic rings. The Labute approximate surface area is 297 Å². The molecule has 0 amide bonds. The fraction of sp³-hybridized carbons (Fsp3) is 0.0400. The third kappa shape index (κ3) is 4.48. The van der Waals surface area contributed by atoms with E-state index in [1.54, 1.807) is 0 Å². The Hall–Kier alpha value is -6.44. The monoisotopic (exact) mass is 649 g/mol. The molecule has 1 nitrogen and oxygen atoms in total. The Morgan fingerprint density at radius 2 is 0.843 bits per heavy atom. The van der Waals surface area contributed by atoms with E-state index in [4.69, 9.17) is 0 Å². The minimum absolute atomic E-state index is 1.02. The lowest BCUT2D eigenvalue weighted by molar-refractivity contribution is 1.30. The summed E-state index contributed by atoms with van der Waals surface area (Å²) in [5.41, 5.74) is 9.19. The second-order valence-electron chi connectivity index (χ2n) is 13.9. The number of aryl methyl sites for hydroxylation is 2. The summed E-state index contributed by atoms with van der Waals surface area (Å²) in [5, 5.41) is 15.5. The van der Waals surface area contributed by atoms with Crippen molar-refractivity contribution in [2.45, 2.75) is 13.8 Å². The summed E-state index contributed by atoms with van der Waals surface area (Å²) >= 11 is 0. The van der Waals surface area contributed by atoms with Gasteiger partial charge in [-0.1, -0.05) is 151 Å². The lowest BCUT2D eigenvalue weighted by Gasteiger charge is -2.30. The summed E-state index contributed by atoms with van der Waals surface area (Å²) in [6, 6.07) is 60.4. The summed E-state index contributed by atoms with van der Waals surface area (Å²) < 4.78 is 0. The van der Waals surface area contributed by atoms with Crippen molar-refractivity contribution in [3.05, 3.63) is 193 Å². The molecule has 0 aliphatic heterocycles. The molecule has 1 heteroatoms. The highest BCUT2D eigenvalue weighted by atomic mass is 15.1. The molecule has 240 valence electrons. The first kappa shape index (κ1) is 29.5. The lowest BCUT2D eigenvalue weighted by Crippen LogP contribution is -2.11. The molecule has 10 aromatic carbocycles. The molecule has 0 saturated carbocycles. The zero-order valence-electron chi connectivity index (χ0n) is 28.7. The third-order valence-electron chi connectivity index (χ3n) is 10.8. The summed E-state index contributed by atoms with van der Waals surface area (Å²) in [5.74, 6) is 0. The van der Waals surface area contributed by atoms with Gasteiger partial charge < -0.3 is 4.90 Å². The van der Waals surface area contributed by atoms with Crippen LogP contribution in [0.2, 0.25) is 0 Å². The number of benzene rings is 10. The van der Waals surface area contributed by atoms with Crippen molar-refractivity contribution in [3.63, 3.8) is 0 Å². The predicted molar refractivity (Wildman–Crippen MR) is 221 cm³/mol. The van der Waals surface area contributed by atoms with Gasteiger partial charge in [-0.3, -0.25) is 0 Å². The smallest absolute Gasteiger partial charge is 0.0619 e. The SMILES string of the molecule is C=C(c1ccc(C)cc1)c1ccc(N(c2ccc(C)cc2)c2c3ccccc3c3c4c2cccc4c2cccc4cc5ccccc5c3c42)cc1. The normalized spacial score (nSPS) is 11.8. The lowest BCUT2D eigenvalue weighted by atomic mass is 9.84. The number of rotatable bonds is 5. The van der Waals surface area contributed by atoms with Gasteiger partial charge >= 0.3 is 0 Å². The number of fused-ring (bicyclic) bond motifs is 6. The summed E-state index contributed by atoms with van der Waals surface area (Å²) in [4.78, 5) is 2.46. The van der Waals surface area contributed by atoms with Gasteiger partial charge in [0.2, 0.25) is 0 Å². The summed E-state index contributed by atoms with van der Waals surface area (Å²) in [6.45, 7) is 8.76. The molecule has 0 saturated heterocycles. The second-order valence-corrected chi connectivity index (χ2v) is 13.9. The van der Waals surface area contributed by atoms with Gasteiger partial charge in [0.1, 0.15) is 0 Å². The van der Waals surface area contributed by atoms with Crippen LogP contribution < -0.4 is 4.90 Å². The van der Waals surface area contributed by atoms with Gasteiger partial charge in [-0.05, 0) is 109 Å². The van der Waals surface area contributed by atoms with Crippen LogP contribution in [0.25, 0.3) is 70.2 Å². The predicted octanol–water partition coefficient (Wildman–Crippen LogP) is 14.2. The van der Waals surface area contributed by atoms with Gasteiger partial charge in [0.05, 0.1) is 5.69 Å². The van der Waals surface area contributed by atoms with Crippen LogP contribution in [-0.2, 0) is 0 Å². The van der Waals surface area contributed by atoms with Gasteiger partial charge in [-0.25, -0.2) is 0 Å². The van der Waals surface area contributed by atoms with Crippen LogP contribution in [0.4, 0.5) is 17.1 Å². The Bertz CT molecular complexity index is 2970. The highest BCUT2D eigenvalue weighted by Gasteiger charge is 2.24. The molecule has 51 heavy (non-hydrogen) atoms. The van der Waals surface area contributed by atoms with E-state index in [9.17, 15) is 0 Å². The highest BCUT2D eigenvalue weighted by Crippen LogP contribution is 2.52. The molecular formula is C50H35N. The average molecular weight is 650 g/mol. The van der Waals surface area contributed by atoms with Crippen LogP contribution in [0, 0.1) is 13.8 Å². The molecular weight excluding hydrogens is 615 g/mol. The van der Waals surface area contributed by atoms with E-state index >= 15 is 0 Å². The first-order valence-corrected chi connectivity index (χ1v) is 17.7. The molecule has 0 heterocycles. The van der Waals surface area contributed by atoms with Crippen LogP contribution in [0.1, 0.15) is 22.3 Å². The van der Waals surface area contributed by atoms with Gasteiger partial charge in [-0.2, -0.15) is 0 Å². The Morgan fingerprint density at radius 3 is 1.55 bits per heavy atom. The van der Waals surface area contributed by atoms with Crippen molar-refractivity contribution < 1.29 is 0 Å². The topological polar surface area (TPSA) is 3.24 Å². The van der Waals surface area contributed by atoms with Crippen LogP contribution in [0.15, 0.2) is 170 Å². The van der Waals surface area contributed by atoms with Crippen molar-refractivity contribution in [3.8, 4) is 0 Å². The van der Waals surface area contributed by atoms with E-state index in [0.29, 0.717) is 0 Å². The first-order valence-electron chi connectivity index (χ1n) is 17.7. The third-order valence-corrected chi connectivity index (χ3v) is 10.8. The minimum atomic E-state index is 1.02.